The maximum atomic E-state index is 10.2. The van der Waals surface area contributed by atoms with Crippen LogP contribution in [0, 0.1) is 13.8 Å². The molecule has 4 heteroatoms. The number of nitrogens with one attached hydrogen (secondary N) is 1. The zero-order valence-electron chi connectivity index (χ0n) is 7.87. The monoisotopic (exact) mass is 182 g/mol. The third-order valence-electron chi connectivity index (χ3n) is 1.88. The van der Waals surface area contributed by atoms with Crippen molar-refractivity contribution in [1.29, 1.82) is 0 Å². The van der Waals surface area contributed by atoms with Gasteiger partial charge in [-0.05, 0) is 26.0 Å². The minimum absolute atomic E-state index is 0.136. The lowest BCUT2D eigenvalue weighted by Gasteiger charge is -2.10. The highest BCUT2D eigenvalue weighted by Crippen LogP contribution is 2.03. The van der Waals surface area contributed by atoms with Crippen LogP contribution in [-0.4, -0.2) is 22.3 Å². The van der Waals surface area contributed by atoms with Crippen molar-refractivity contribution in [3.8, 4) is 0 Å². The summed E-state index contributed by atoms with van der Waals surface area (Å²) in [6.45, 7) is 4.40. The van der Waals surface area contributed by atoms with E-state index in [0.717, 1.165) is 11.4 Å². The van der Waals surface area contributed by atoms with Gasteiger partial charge in [0.2, 0.25) is 0 Å². The summed E-state index contributed by atoms with van der Waals surface area (Å²) in [6.07, 6.45) is 0.136. The molecule has 0 unspecified atom stereocenters. The summed E-state index contributed by atoms with van der Waals surface area (Å²) >= 11 is 0. The van der Waals surface area contributed by atoms with E-state index in [4.69, 9.17) is 5.11 Å². The molecule has 0 aliphatic carbocycles. The second-order valence-corrected chi connectivity index (χ2v) is 3.00. The first kappa shape index (κ1) is 9.64. The molecular formula is C9H14N2O2. The van der Waals surface area contributed by atoms with Crippen LogP contribution in [0.25, 0.3) is 0 Å². The molecule has 1 heterocycles. The quantitative estimate of drug-likeness (QED) is 0.733. The molecule has 0 aliphatic heterocycles. The number of rotatable bonds is 4. The maximum absolute atomic E-state index is 10.2. The summed E-state index contributed by atoms with van der Waals surface area (Å²) in [5, 5.41) is 8.43. The highest BCUT2D eigenvalue weighted by molar-refractivity contribution is 5.67. The van der Waals surface area contributed by atoms with E-state index in [2.05, 4.69) is 5.43 Å². The lowest BCUT2D eigenvalue weighted by atomic mass is 10.4. The molecule has 0 atom stereocenters. The second kappa shape index (κ2) is 3.98. The highest BCUT2D eigenvalue weighted by atomic mass is 16.4. The predicted octanol–water partition coefficient (Wildman–Crippen LogP) is 1.12. The number of carbonyl (C=O) groups is 1. The third kappa shape index (κ3) is 2.50. The van der Waals surface area contributed by atoms with Gasteiger partial charge in [-0.1, -0.05) is 0 Å². The Morgan fingerprint density at radius 3 is 2.46 bits per heavy atom. The van der Waals surface area contributed by atoms with Crippen molar-refractivity contribution >= 4 is 5.97 Å². The standard InChI is InChI=1S/C9H14N2O2/c1-7-3-4-8(2)11(7)10-6-5-9(12)13/h3-4,10H,5-6H2,1-2H3,(H,12,13). The van der Waals surface area contributed by atoms with E-state index in [1.54, 1.807) is 0 Å². The van der Waals surface area contributed by atoms with Gasteiger partial charge < -0.3 is 10.5 Å². The lowest BCUT2D eigenvalue weighted by Crippen LogP contribution is -2.20. The summed E-state index contributed by atoms with van der Waals surface area (Å²) in [5.41, 5.74) is 5.20. The second-order valence-electron chi connectivity index (χ2n) is 3.00. The third-order valence-corrected chi connectivity index (χ3v) is 1.88. The zero-order valence-corrected chi connectivity index (χ0v) is 7.87. The van der Waals surface area contributed by atoms with Crippen LogP contribution in [0.15, 0.2) is 12.1 Å². The van der Waals surface area contributed by atoms with Crippen LogP contribution in [0.2, 0.25) is 0 Å². The van der Waals surface area contributed by atoms with Crippen LogP contribution < -0.4 is 5.43 Å². The Bertz CT molecular complexity index is 285. The molecular weight excluding hydrogens is 168 g/mol. The molecule has 1 aromatic rings. The number of aliphatic carboxylic acids is 1. The summed E-state index contributed by atoms with van der Waals surface area (Å²) < 4.78 is 1.89. The Kier molecular flexibility index (Phi) is 2.95. The number of aryl methyl sites for hydroxylation is 2. The summed E-state index contributed by atoms with van der Waals surface area (Å²) in [7, 11) is 0. The molecule has 0 amide bonds. The maximum Gasteiger partial charge on any atom is 0.305 e. The van der Waals surface area contributed by atoms with Crippen molar-refractivity contribution in [1.82, 2.24) is 4.68 Å². The first-order valence-electron chi connectivity index (χ1n) is 4.22. The van der Waals surface area contributed by atoms with Gasteiger partial charge in [0.1, 0.15) is 0 Å². The molecule has 0 aromatic carbocycles. The van der Waals surface area contributed by atoms with Gasteiger partial charge >= 0.3 is 5.97 Å². The molecule has 1 rings (SSSR count). The minimum atomic E-state index is -0.782. The molecule has 0 aliphatic rings. The molecule has 0 saturated heterocycles. The topological polar surface area (TPSA) is 54.3 Å². The van der Waals surface area contributed by atoms with Gasteiger partial charge in [-0.25, -0.2) is 0 Å². The molecule has 0 fully saturated rings. The summed E-state index contributed by atoms with van der Waals surface area (Å²) in [5.74, 6) is -0.782. The Morgan fingerprint density at radius 2 is 2.00 bits per heavy atom. The molecule has 1 aromatic heterocycles. The Hall–Kier alpha value is -1.45. The first-order valence-corrected chi connectivity index (χ1v) is 4.22. The van der Waals surface area contributed by atoms with Gasteiger partial charge in [-0.2, -0.15) is 0 Å². The van der Waals surface area contributed by atoms with Crippen molar-refractivity contribution < 1.29 is 9.90 Å². The Labute approximate surface area is 77.2 Å². The van der Waals surface area contributed by atoms with Gasteiger partial charge in [0, 0.05) is 17.9 Å². The van der Waals surface area contributed by atoms with Gasteiger partial charge in [-0.3, -0.25) is 9.47 Å². The van der Waals surface area contributed by atoms with Gasteiger partial charge in [-0.15, -0.1) is 0 Å². The van der Waals surface area contributed by atoms with Crippen LogP contribution in [0.4, 0.5) is 0 Å². The molecule has 2 N–H and O–H groups in total. The van der Waals surface area contributed by atoms with E-state index in [-0.39, 0.29) is 6.42 Å². The lowest BCUT2D eigenvalue weighted by molar-refractivity contribution is -0.136. The fourth-order valence-corrected chi connectivity index (χ4v) is 1.19. The van der Waals surface area contributed by atoms with E-state index in [1.807, 2.05) is 30.7 Å². The minimum Gasteiger partial charge on any atom is -0.481 e. The van der Waals surface area contributed by atoms with Crippen molar-refractivity contribution in [2.75, 3.05) is 12.0 Å². The largest absolute Gasteiger partial charge is 0.481 e. The summed E-state index contributed by atoms with van der Waals surface area (Å²) in [6, 6.07) is 3.98. The number of hydrogen-bond acceptors (Lipinski definition) is 2. The molecule has 0 saturated carbocycles. The predicted molar refractivity (Wildman–Crippen MR) is 50.4 cm³/mol. The van der Waals surface area contributed by atoms with Crippen LogP contribution in [-0.2, 0) is 4.79 Å². The van der Waals surface area contributed by atoms with E-state index < -0.39 is 5.97 Å². The zero-order chi connectivity index (χ0) is 9.84. The van der Waals surface area contributed by atoms with Crippen molar-refractivity contribution in [2.24, 2.45) is 0 Å². The number of carboxylic acids is 1. The average molecular weight is 182 g/mol. The molecule has 4 nitrogen and oxygen atoms in total. The molecule has 0 radical (unpaired) electrons. The number of hydrogen-bond donors (Lipinski definition) is 2. The average Bonchev–Trinajstić information content (AvgIpc) is 2.34. The fourth-order valence-electron chi connectivity index (χ4n) is 1.19. The van der Waals surface area contributed by atoms with Crippen molar-refractivity contribution in [2.45, 2.75) is 20.3 Å². The van der Waals surface area contributed by atoms with Crippen LogP contribution in [0.3, 0.4) is 0 Å². The Morgan fingerprint density at radius 1 is 1.46 bits per heavy atom. The molecule has 72 valence electrons. The van der Waals surface area contributed by atoms with E-state index >= 15 is 0 Å². The van der Waals surface area contributed by atoms with Crippen molar-refractivity contribution in [3.63, 3.8) is 0 Å². The SMILES string of the molecule is Cc1ccc(C)n1NCCC(=O)O. The van der Waals surface area contributed by atoms with Gasteiger partial charge in [0.05, 0.1) is 6.42 Å². The highest BCUT2D eigenvalue weighted by Gasteiger charge is 2.00. The molecule has 13 heavy (non-hydrogen) atoms. The van der Waals surface area contributed by atoms with Gasteiger partial charge in [0.15, 0.2) is 0 Å². The van der Waals surface area contributed by atoms with Crippen LogP contribution >= 0.6 is 0 Å². The molecule has 0 spiro atoms. The number of carboxylic acid groups (broad SMARTS) is 1. The van der Waals surface area contributed by atoms with Crippen LogP contribution in [0.1, 0.15) is 17.8 Å². The summed E-state index contributed by atoms with van der Waals surface area (Å²) in [4.78, 5) is 10.2. The fraction of sp³-hybridized carbons (Fsp3) is 0.444. The van der Waals surface area contributed by atoms with E-state index in [9.17, 15) is 4.79 Å². The Balaban J connectivity index is 2.49. The van der Waals surface area contributed by atoms with E-state index in [0.29, 0.717) is 6.54 Å². The smallest absolute Gasteiger partial charge is 0.305 e. The van der Waals surface area contributed by atoms with Gasteiger partial charge in [0.25, 0.3) is 0 Å². The van der Waals surface area contributed by atoms with Crippen LogP contribution in [0.5, 0.6) is 0 Å². The van der Waals surface area contributed by atoms with Crippen molar-refractivity contribution in [3.05, 3.63) is 23.5 Å². The number of aromatic nitrogens is 1. The molecule has 0 bridgehead atoms. The number of nitrogens with zero attached hydrogens (tertiary/aromatic N) is 1. The normalized spacial score (nSPS) is 10.0. The van der Waals surface area contributed by atoms with E-state index in [1.165, 1.54) is 0 Å². The first-order chi connectivity index (χ1) is 6.11.